The Morgan fingerprint density at radius 1 is 1.47 bits per heavy atom. The van der Waals surface area contributed by atoms with E-state index in [9.17, 15) is 4.79 Å². The normalized spacial score (nSPS) is 13.4. The van der Waals surface area contributed by atoms with Gasteiger partial charge in [-0.2, -0.15) is 0 Å². The smallest absolute Gasteiger partial charge is 0.247 e. The molecule has 0 aromatic heterocycles. The summed E-state index contributed by atoms with van der Waals surface area (Å²) in [6, 6.07) is 3.66. The number of amides is 1. The van der Waals surface area contributed by atoms with Gasteiger partial charge in [0, 0.05) is 0 Å². The lowest BCUT2D eigenvalue weighted by molar-refractivity contribution is -0.111. The van der Waals surface area contributed by atoms with Crippen molar-refractivity contribution in [3.8, 4) is 0 Å². The maximum Gasteiger partial charge on any atom is 0.247 e. The molecule has 3 nitrogen and oxygen atoms in total. The standard InChI is InChI=1S/C11H10ClNO2/c1-2-11(14)13-10-4-8-6-15-5-7(8)3-9(10)12/h2-4H,1,5-6H2,(H,13,14). The predicted molar refractivity (Wildman–Crippen MR) is 58.8 cm³/mol. The fourth-order valence-electron chi connectivity index (χ4n) is 1.48. The number of ether oxygens (including phenoxy) is 1. The van der Waals surface area contributed by atoms with Crippen molar-refractivity contribution < 1.29 is 9.53 Å². The predicted octanol–water partition coefficient (Wildman–Crippen LogP) is 2.49. The zero-order valence-corrected chi connectivity index (χ0v) is 8.80. The summed E-state index contributed by atoms with van der Waals surface area (Å²) in [7, 11) is 0. The summed E-state index contributed by atoms with van der Waals surface area (Å²) in [5, 5.41) is 3.17. The number of fused-ring (bicyclic) bond motifs is 1. The van der Waals surface area contributed by atoms with Gasteiger partial charge in [0.15, 0.2) is 0 Å². The van der Waals surface area contributed by atoms with Gasteiger partial charge in [-0.3, -0.25) is 4.79 Å². The first-order chi connectivity index (χ1) is 7.20. The zero-order chi connectivity index (χ0) is 10.8. The summed E-state index contributed by atoms with van der Waals surface area (Å²) < 4.78 is 5.26. The Kier molecular flexibility index (Phi) is 2.75. The zero-order valence-electron chi connectivity index (χ0n) is 8.05. The summed E-state index contributed by atoms with van der Waals surface area (Å²) in [6.07, 6.45) is 1.21. The highest BCUT2D eigenvalue weighted by Gasteiger charge is 2.14. The Morgan fingerprint density at radius 3 is 2.80 bits per heavy atom. The monoisotopic (exact) mass is 223 g/mol. The van der Waals surface area contributed by atoms with Crippen molar-refractivity contribution >= 4 is 23.2 Å². The van der Waals surface area contributed by atoms with E-state index in [4.69, 9.17) is 16.3 Å². The molecule has 1 aromatic rings. The van der Waals surface area contributed by atoms with E-state index < -0.39 is 0 Å². The van der Waals surface area contributed by atoms with Crippen molar-refractivity contribution in [1.29, 1.82) is 0 Å². The van der Waals surface area contributed by atoms with Crippen LogP contribution >= 0.6 is 11.6 Å². The summed E-state index contributed by atoms with van der Waals surface area (Å²) in [4.78, 5) is 11.1. The molecule has 0 spiro atoms. The third-order valence-electron chi connectivity index (χ3n) is 2.25. The van der Waals surface area contributed by atoms with Crippen molar-refractivity contribution in [3.63, 3.8) is 0 Å². The van der Waals surface area contributed by atoms with E-state index >= 15 is 0 Å². The van der Waals surface area contributed by atoms with Gasteiger partial charge in [0.25, 0.3) is 0 Å². The van der Waals surface area contributed by atoms with Crippen LogP contribution in [0, 0.1) is 0 Å². The molecule has 1 heterocycles. The van der Waals surface area contributed by atoms with Crippen molar-refractivity contribution in [3.05, 3.63) is 40.9 Å². The highest BCUT2D eigenvalue weighted by Crippen LogP contribution is 2.30. The number of hydrogen-bond acceptors (Lipinski definition) is 2. The Hall–Kier alpha value is -1.32. The van der Waals surface area contributed by atoms with Crippen LogP contribution in [0.25, 0.3) is 0 Å². The molecule has 1 aliphatic heterocycles. The molecule has 2 rings (SSSR count). The molecular formula is C11H10ClNO2. The number of carbonyl (C=O) groups is 1. The minimum Gasteiger partial charge on any atom is -0.372 e. The number of hydrogen-bond donors (Lipinski definition) is 1. The number of nitrogens with one attached hydrogen (secondary N) is 1. The van der Waals surface area contributed by atoms with Gasteiger partial charge in [-0.25, -0.2) is 0 Å². The van der Waals surface area contributed by atoms with Gasteiger partial charge in [-0.1, -0.05) is 18.2 Å². The quantitative estimate of drug-likeness (QED) is 0.783. The van der Waals surface area contributed by atoms with Crippen LogP contribution < -0.4 is 5.32 Å². The summed E-state index contributed by atoms with van der Waals surface area (Å²) in [5.74, 6) is -0.268. The fourth-order valence-corrected chi connectivity index (χ4v) is 1.71. The van der Waals surface area contributed by atoms with Crippen LogP contribution in [0.5, 0.6) is 0 Å². The topological polar surface area (TPSA) is 38.3 Å². The first-order valence-electron chi connectivity index (χ1n) is 4.53. The minimum absolute atomic E-state index is 0.268. The lowest BCUT2D eigenvalue weighted by Gasteiger charge is -2.07. The largest absolute Gasteiger partial charge is 0.372 e. The second kappa shape index (κ2) is 4.04. The maximum absolute atomic E-state index is 11.1. The van der Waals surface area contributed by atoms with Crippen LogP contribution in [0.2, 0.25) is 5.02 Å². The second-order valence-electron chi connectivity index (χ2n) is 3.29. The van der Waals surface area contributed by atoms with Gasteiger partial charge < -0.3 is 10.1 Å². The first-order valence-corrected chi connectivity index (χ1v) is 4.91. The molecule has 0 bridgehead atoms. The Labute approximate surface area is 92.7 Å². The second-order valence-corrected chi connectivity index (χ2v) is 3.69. The molecular weight excluding hydrogens is 214 g/mol. The Morgan fingerprint density at radius 2 is 2.13 bits per heavy atom. The highest BCUT2D eigenvalue weighted by atomic mass is 35.5. The minimum atomic E-state index is -0.268. The van der Waals surface area contributed by atoms with E-state index in [1.165, 1.54) is 6.08 Å². The summed E-state index contributed by atoms with van der Waals surface area (Å²) >= 11 is 6.00. The third-order valence-corrected chi connectivity index (χ3v) is 2.56. The molecule has 1 N–H and O–H groups in total. The number of anilines is 1. The van der Waals surface area contributed by atoms with Crippen LogP contribution in [0.3, 0.4) is 0 Å². The third kappa shape index (κ3) is 2.03. The van der Waals surface area contributed by atoms with Crippen molar-refractivity contribution in [2.75, 3.05) is 5.32 Å². The molecule has 4 heteroatoms. The Bertz CT molecular complexity index is 429. The number of benzene rings is 1. The summed E-state index contributed by atoms with van der Waals surface area (Å²) in [5.41, 5.74) is 2.75. The molecule has 1 aliphatic rings. The van der Waals surface area contributed by atoms with Crippen LogP contribution in [0.4, 0.5) is 5.69 Å². The van der Waals surface area contributed by atoms with Gasteiger partial charge in [-0.05, 0) is 29.3 Å². The van der Waals surface area contributed by atoms with Crippen LogP contribution in [0.1, 0.15) is 11.1 Å². The number of rotatable bonds is 2. The Balaban J connectivity index is 2.32. The molecule has 15 heavy (non-hydrogen) atoms. The van der Waals surface area contributed by atoms with Crippen LogP contribution in [-0.2, 0) is 22.7 Å². The molecule has 0 fully saturated rings. The lowest BCUT2D eigenvalue weighted by Crippen LogP contribution is -2.08. The molecule has 0 atom stereocenters. The first kappa shape index (κ1) is 10.2. The number of halogens is 1. The molecule has 1 amide bonds. The van der Waals surface area contributed by atoms with Crippen LogP contribution in [-0.4, -0.2) is 5.91 Å². The van der Waals surface area contributed by atoms with Gasteiger partial charge in [0.1, 0.15) is 0 Å². The fraction of sp³-hybridized carbons (Fsp3) is 0.182. The molecule has 0 radical (unpaired) electrons. The van der Waals surface area contributed by atoms with Crippen LogP contribution in [0.15, 0.2) is 24.8 Å². The van der Waals surface area contributed by atoms with E-state index in [0.29, 0.717) is 23.9 Å². The molecule has 78 valence electrons. The highest BCUT2D eigenvalue weighted by molar-refractivity contribution is 6.34. The maximum atomic E-state index is 11.1. The SMILES string of the molecule is C=CC(=O)Nc1cc2c(cc1Cl)COC2. The molecule has 1 aromatic carbocycles. The van der Waals surface area contributed by atoms with E-state index in [2.05, 4.69) is 11.9 Å². The average Bonchev–Trinajstić information content (AvgIpc) is 2.65. The van der Waals surface area contributed by atoms with Gasteiger partial charge >= 0.3 is 0 Å². The molecule has 0 unspecified atom stereocenters. The van der Waals surface area contributed by atoms with Crippen molar-refractivity contribution in [2.45, 2.75) is 13.2 Å². The van der Waals surface area contributed by atoms with E-state index in [-0.39, 0.29) is 5.91 Å². The van der Waals surface area contributed by atoms with E-state index in [1.807, 2.05) is 12.1 Å². The number of carbonyl (C=O) groups excluding carboxylic acids is 1. The van der Waals surface area contributed by atoms with Crippen molar-refractivity contribution in [1.82, 2.24) is 0 Å². The van der Waals surface area contributed by atoms with E-state index in [1.54, 1.807) is 0 Å². The molecule has 0 saturated heterocycles. The lowest BCUT2D eigenvalue weighted by atomic mass is 10.1. The molecule has 0 saturated carbocycles. The summed E-state index contributed by atoms with van der Waals surface area (Å²) in [6.45, 7) is 4.54. The average molecular weight is 224 g/mol. The van der Waals surface area contributed by atoms with Gasteiger partial charge in [0.2, 0.25) is 5.91 Å². The van der Waals surface area contributed by atoms with Gasteiger partial charge in [0.05, 0.1) is 23.9 Å². The van der Waals surface area contributed by atoms with Crippen molar-refractivity contribution in [2.24, 2.45) is 0 Å². The molecule has 0 aliphatic carbocycles. The van der Waals surface area contributed by atoms with E-state index in [0.717, 1.165) is 11.1 Å². The van der Waals surface area contributed by atoms with Gasteiger partial charge in [-0.15, -0.1) is 0 Å².